The number of aliphatic carboxylic acids is 1. The number of nitrogens with zero attached hydrogens (tertiary/aromatic N) is 2. The monoisotopic (exact) mass is 783 g/mol. The lowest BCUT2D eigenvalue weighted by Gasteiger charge is -2.32. The quantitative estimate of drug-likeness (QED) is 0.0671. The van der Waals surface area contributed by atoms with Crippen molar-refractivity contribution in [1.82, 2.24) is 31.1 Å². The first-order valence-electron chi connectivity index (χ1n) is 17.1. The Morgan fingerprint density at radius 3 is 2.04 bits per heavy atom. The zero-order valence-corrected chi connectivity index (χ0v) is 30.5. The smallest absolute Gasteiger partial charge is 0.481 e. The number of amides is 7. The van der Waals surface area contributed by atoms with E-state index in [1.165, 1.54) is 43.0 Å². The SMILES string of the molecule is CC(=O)NCC(=O)N[C@@H](Cc1ccc(OP(=O)(O)O)cc1)C(=O)N[C@H](C(=O)N1CCC[C@H]1C(=O)N[C@@H](CCC(=O)O)C(=O)N1CCC[C@H]1C(N)=O)[C@@H](C)O. The van der Waals surface area contributed by atoms with Crippen LogP contribution >= 0.6 is 7.82 Å². The van der Waals surface area contributed by atoms with Gasteiger partial charge in [0.1, 0.15) is 36.0 Å². The molecule has 298 valence electrons. The van der Waals surface area contributed by atoms with Gasteiger partial charge in [-0.1, -0.05) is 12.1 Å². The maximum absolute atomic E-state index is 13.9. The molecule has 21 nitrogen and oxygen atoms in total. The first-order valence-corrected chi connectivity index (χ1v) is 18.6. The number of nitrogens with two attached hydrogens (primary N) is 1. The number of benzene rings is 1. The molecule has 10 N–H and O–H groups in total. The number of carbonyl (C=O) groups is 8. The van der Waals surface area contributed by atoms with Crippen LogP contribution in [0.1, 0.15) is 57.9 Å². The molecule has 0 aliphatic carbocycles. The number of phosphoric acid groups is 1. The van der Waals surface area contributed by atoms with Crippen LogP contribution in [0.15, 0.2) is 24.3 Å². The summed E-state index contributed by atoms with van der Waals surface area (Å²) in [6.07, 6.45) is -1.37. The summed E-state index contributed by atoms with van der Waals surface area (Å²) in [5.41, 5.74) is 5.81. The van der Waals surface area contributed by atoms with Gasteiger partial charge >= 0.3 is 13.8 Å². The molecule has 0 saturated carbocycles. The summed E-state index contributed by atoms with van der Waals surface area (Å²) in [5, 5.41) is 29.6. The minimum absolute atomic E-state index is 0.0134. The Balaban J connectivity index is 1.80. The van der Waals surface area contributed by atoms with Crippen molar-refractivity contribution < 1.29 is 67.4 Å². The first-order chi connectivity index (χ1) is 25.3. The van der Waals surface area contributed by atoms with E-state index in [0.717, 1.165) is 4.90 Å². The number of phosphoric ester groups is 1. The molecule has 0 radical (unpaired) electrons. The minimum atomic E-state index is -4.86. The van der Waals surface area contributed by atoms with E-state index in [1.807, 2.05) is 0 Å². The van der Waals surface area contributed by atoms with Gasteiger partial charge in [-0.05, 0) is 56.7 Å². The molecule has 2 aliphatic rings. The van der Waals surface area contributed by atoms with Crippen LogP contribution in [0.2, 0.25) is 0 Å². The fraction of sp³-hybridized carbons (Fsp3) is 0.562. The molecular formula is C32H46N7O14P. The zero-order valence-electron chi connectivity index (χ0n) is 29.6. The molecule has 2 saturated heterocycles. The average Bonchev–Trinajstić information content (AvgIpc) is 3.78. The van der Waals surface area contributed by atoms with Gasteiger partial charge in [-0.15, -0.1) is 0 Å². The van der Waals surface area contributed by atoms with Crippen molar-refractivity contribution in [1.29, 1.82) is 0 Å². The van der Waals surface area contributed by atoms with Crippen molar-refractivity contribution in [2.75, 3.05) is 19.6 Å². The summed E-state index contributed by atoms with van der Waals surface area (Å²) in [4.78, 5) is 122. The van der Waals surface area contributed by atoms with Crippen LogP contribution in [0, 0.1) is 0 Å². The summed E-state index contributed by atoms with van der Waals surface area (Å²) in [7, 11) is -4.86. The molecule has 2 aliphatic heterocycles. The third-order valence-corrected chi connectivity index (χ3v) is 9.20. The lowest BCUT2D eigenvalue weighted by Crippen LogP contribution is -2.61. The van der Waals surface area contributed by atoms with Crippen molar-refractivity contribution in [2.45, 2.75) is 95.1 Å². The summed E-state index contributed by atoms with van der Waals surface area (Å²) >= 11 is 0. The molecule has 54 heavy (non-hydrogen) atoms. The summed E-state index contributed by atoms with van der Waals surface area (Å²) < 4.78 is 15.7. The Kier molecular flexibility index (Phi) is 15.5. The van der Waals surface area contributed by atoms with Crippen LogP contribution in [0.3, 0.4) is 0 Å². The maximum atomic E-state index is 13.9. The second-order valence-corrected chi connectivity index (χ2v) is 14.1. The molecule has 0 spiro atoms. The highest BCUT2D eigenvalue weighted by atomic mass is 31.2. The maximum Gasteiger partial charge on any atom is 0.524 e. The van der Waals surface area contributed by atoms with E-state index in [2.05, 4.69) is 25.8 Å². The number of carboxylic acids is 1. The number of aliphatic hydroxyl groups is 1. The van der Waals surface area contributed by atoms with Crippen molar-refractivity contribution in [3.63, 3.8) is 0 Å². The third kappa shape index (κ3) is 12.8. The number of rotatable bonds is 18. The number of carboxylic acid groups (broad SMARTS) is 1. The van der Waals surface area contributed by atoms with Crippen LogP contribution in [-0.2, 0) is 49.3 Å². The molecule has 0 bridgehead atoms. The fourth-order valence-electron chi connectivity index (χ4n) is 6.16. The van der Waals surface area contributed by atoms with Gasteiger partial charge in [0.2, 0.25) is 41.4 Å². The number of carbonyl (C=O) groups excluding carboxylic acids is 7. The molecular weight excluding hydrogens is 737 g/mol. The fourth-order valence-corrected chi connectivity index (χ4v) is 6.56. The van der Waals surface area contributed by atoms with Crippen LogP contribution < -0.4 is 31.5 Å². The highest BCUT2D eigenvalue weighted by molar-refractivity contribution is 7.46. The zero-order chi connectivity index (χ0) is 40.3. The van der Waals surface area contributed by atoms with Crippen LogP contribution in [0.5, 0.6) is 5.75 Å². The van der Waals surface area contributed by atoms with E-state index in [0.29, 0.717) is 24.8 Å². The lowest BCUT2D eigenvalue weighted by atomic mass is 10.0. The summed E-state index contributed by atoms with van der Waals surface area (Å²) in [6.45, 7) is 2.06. The van der Waals surface area contributed by atoms with Gasteiger partial charge in [0.05, 0.1) is 12.6 Å². The first kappa shape index (κ1) is 43.3. The number of primary amides is 1. The summed E-state index contributed by atoms with van der Waals surface area (Å²) in [6, 6.07) is -1.39. The van der Waals surface area contributed by atoms with E-state index >= 15 is 0 Å². The van der Waals surface area contributed by atoms with Crippen LogP contribution in [-0.4, -0.2) is 133 Å². The van der Waals surface area contributed by atoms with Gasteiger partial charge < -0.3 is 51.5 Å². The molecule has 2 heterocycles. The molecule has 1 aromatic rings. The van der Waals surface area contributed by atoms with Crippen LogP contribution in [0.4, 0.5) is 0 Å². The molecule has 2 fully saturated rings. The van der Waals surface area contributed by atoms with Gasteiger partial charge in [-0.25, -0.2) is 4.57 Å². The van der Waals surface area contributed by atoms with Crippen molar-refractivity contribution in [2.24, 2.45) is 5.73 Å². The second kappa shape index (κ2) is 19.3. The molecule has 22 heteroatoms. The summed E-state index contributed by atoms with van der Waals surface area (Å²) in [5.74, 6) is -6.81. The Morgan fingerprint density at radius 2 is 1.50 bits per heavy atom. The molecule has 6 atom stereocenters. The Morgan fingerprint density at radius 1 is 0.907 bits per heavy atom. The molecule has 3 rings (SSSR count). The Hall–Kier alpha value is -5.11. The predicted molar refractivity (Wildman–Crippen MR) is 185 cm³/mol. The second-order valence-electron chi connectivity index (χ2n) is 13.0. The van der Waals surface area contributed by atoms with E-state index in [9.17, 15) is 53.1 Å². The lowest BCUT2D eigenvalue weighted by molar-refractivity contribution is -0.146. The van der Waals surface area contributed by atoms with E-state index in [4.69, 9.17) is 15.5 Å². The van der Waals surface area contributed by atoms with Crippen molar-refractivity contribution >= 4 is 55.1 Å². The highest BCUT2D eigenvalue weighted by Crippen LogP contribution is 2.37. The van der Waals surface area contributed by atoms with Crippen molar-refractivity contribution in [3.8, 4) is 5.75 Å². The topological polar surface area (TPSA) is 324 Å². The number of hydrogen-bond donors (Lipinski definition) is 9. The van der Waals surface area contributed by atoms with E-state index < -0.39 is 104 Å². The van der Waals surface area contributed by atoms with Crippen LogP contribution in [0.25, 0.3) is 0 Å². The number of likely N-dealkylation sites (tertiary alicyclic amines) is 2. The number of nitrogens with one attached hydrogen (secondary N) is 4. The average molecular weight is 784 g/mol. The normalized spacial score (nSPS) is 19.1. The standard InChI is InChI=1S/C32H46N7O14P/c1-17(40)27(37-29(46)22(35-25(42)16-34-18(2)41)15-19-7-9-20(10-8-19)53-54(50,51)52)32(49)39-14-4-6-24(39)30(47)36-21(11-12-26(43)44)31(48)38-13-3-5-23(38)28(33)45/h7-10,17,21-24,27,40H,3-6,11-16H2,1-2H3,(H2,33,45)(H,34,41)(H,35,42)(H,36,47)(H,37,46)(H,43,44)(H2,50,51,52)/t17-,21+,22+,23+,24+,27+/m1/s1. The van der Waals surface area contributed by atoms with Crippen molar-refractivity contribution in [3.05, 3.63) is 29.8 Å². The van der Waals surface area contributed by atoms with Gasteiger partial charge in [-0.2, -0.15) is 0 Å². The number of aliphatic hydroxyl groups excluding tert-OH is 1. The number of hydrogen-bond acceptors (Lipinski definition) is 11. The highest BCUT2D eigenvalue weighted by Gasteiger charge is 2.42. The molecule has 0 unspecified atom stereocenters. The third-order valence-electron chi connectivity index (χ3n) is 8.75. The predicted octanol–water partition coefficient (Wildman–Crippen LogP) is -3.00. The molecule has 0 aromatic heterocycles. The van der Waals surface area contributed by atoms with Gasteiger partial charge in [0, 0.05) is 32.9 Å². The Labute approximate surface area is 309 Å². The van der Waals surface area contributed by atoms with Gasteiger partial charge in [0.25, 0.3) is 0 Å². The minimum Gasteiger partial charge on any atom is -0.481 e. The largest absolute Gasteiger partial charge is 0.524 e. The van der Waals surface area contributed by atoms with E-state index in [-0.39, 0.29) is 38.1 Å². The molecule has 7 amide bonds. The Bertz CT molecular complexity index is 1640. The van der Waals surface area contributed by atoms with E-state index in [1.54, 1.807) is 0 Å². The molecule has 1 aromatic carbocycles. The van der Waals surface area contributed by atoms with Gasteiger partial charge in [0.15, 0.2) is 0 Å². The van der Waals surface area contributed by atoms with Gasteiger partial charge in [-0.3, -0.25) is 48.1 Å².